The molecule has 0 amide bonds. The third kappa shape index (κ3) is 5.11. The molecule has 0 saturated carbocycles. The third-order valence-corrected chi connectivity index (χ3v) is 6.81. The highest BCUT2D eigenvalue weighted by Crippen LogP contribution is 2.21. The molecule has 0 radical (unpaired) electrons. The van der Waals surface area contributed by atoms with E-state index in [4.69, 9.17) is 5.73 Å². The van der Waals surface area contributed by atoms with Gasteiger partial charge in [-0.15, -0.1) is 0 Å². The molecular weight excluding hydrogens is 372 g/mol. The van der Waals surface area contributed by atoms with Crippen LogP contribution in [0.5, 0.6) is 0 Å². The van der Waals surface area contributed by atoms with Crippen molar-refractivity contribution >= 4 is 21.7 Å². The molecule has 2 aromatic carbocycles. The fourth-order valence-electron chi connectivity index (χ4n) is 3.25. The fraction of sp³-hybridized carbons (Fsp3) is 0.381. The summed E-state index contributed by atoms with van der Waals surface area (Å²) in [6.45, 7) is 3.61. The van der Waals surface area contributed by atoms with Gasteiger partial charge in [0.2, 0.25) is 10.0 Å². The molecule has 7 heteroatoms. The van der Waals surface area contributed by atoms with Crippen molar-refractivity contribution in [2.75, 3.05) is 18.4 Å². The maximum absolute atomic E-state index is 12.8. The summed E-state index contributed by atoms with van der Waals surface area (Å²) < 4.78 is 27.2. The van der Waals surface area contributed by atoms with E-state index in [9.17, 15) is 8.42 Å². The summed E-state index contributed by atoms with van der Waals surface area (Å²) in [5, 5.41) is 3.06. The van der Waals surface area contributed by atoms with E-state index in [-0.39, 0.29) is 0 Å². The van der Waals surface area contributed by atoms with Gasteiger partial charge in [0, 0.05) is 18.8 Å². The average molecular weight is 401 g/mol. The highest BCUT2D eigenvalue weighted by atomic mass is 32.2. The monoisotopic (exact) mass is 400 g/mol. The Balaban J connectivity index is 1.67. The van der Waals surface area contributed by atoms with Crippen molar-refractivity contribution in [1.82, 2.24) is 4.31 Å². The molecule has 1 fully saturated rings. The first-order chi connectivity index (χ1) is 13.5. The van der Waals surface area contributed by atoms with Crippen LogP contribution in [0.1, 0.15) is 37.3 Å². The molecule has 0 unspecified atom stereocenters. The maximum atomic E-state index is 12.8. The number of sulfonamides is 1. The first-order valence-electron chi connectivity index (χ1n) is 9.74. The van der Waals surface area contributed by atoms with Crippen LogP contribution in [0.4, 0.5) is 5.69 Å². The maximum Gasteiger partial charge on any atom is 0.243 e. The van der Waals surface area contributed by atoms with E-state index in [0.29, 0.717) is 30.5 Å². The van der Waals surface area contributed by atoms with Gasteiger partial charge in [-0.05, 0) is 54.7 Å². The molecule has 1 saturated heterocycles. The predicted molar refractivity (Wildman–Crippen MR) is 114 cm³/mol. The van der Waals surface area contributed by atoms with Crippen LogP contribution in [0.15, 0.2) is 58.4 Å². The van der Waals surface area contributed by atoms with Crippen molar-refractivity contribution in [1.29, 1.82) is 0 Å². The van der Waals surface area contributed by atoms with E-state index in [1.807, 2.05) is 30.3 Å². The van der Waals surface area contributed by atoms with Crippen LogP contribution < -0.4 is 11.1 Å². The van der Waals surface area contributed by atoms with Crippen molar-refractivity contribution in [2.24, 2.45) is 10.7 Å². The van der Waals surface area contributed by atoms with Gasteiger partial charge in [-0.1, -0.05) is 37.6 Å². The Labute approximate surface area is 167 Å². The summed E-state index contributed by atoms with van der Waals surface area (Å²) in [4.78, 5) is 4.67. The molecule has 6 nitrogen and oxygen atoms in total. The molecule has 28 heavy (non-hydrogen) atoms. The number of hydrogen-bond acceptors (Lipinski definition) is 3. The van der Waals surface area contributed by atoms with Gasteiger partial charge in [-0.25, -0.2) is 13.4 Å². The van der Waals surface area contributed by atoms with E-state index in [2.05, 4.69) is 17.2 Å². The molecule has 0 bridgehead atoms. The summed E-state index contributed by atoms with van der Waals surface area (Å²) in [7, 11) is -3.44. The Morgan fingerprint density at radius 3 is 2.46 bits per heavy atom. The predicted octanol–water partition coefficient (Wildman–Crippen LogP) is 3.35. The lowest BCUT2D eigenvalue weighted by Gasteiger charge is -2.26. The van der Waals surface area contributed by atoms with E-state index in [0.717, 1.165) is 36.9 Å². The minimum absolute atomic E-state index is 0.300. The lowest BCUT2D eigenvalue weighted by atomic mass is 10.1. The van der Waals surface area contributed by atoms with Gasteiger partial charge in [-0.2, -0.15) is 4.31 Å². The van der Waals surface area contributed by atoms with Gasteiger partial charge in [0.1, 0.15) is 0 Å². The number of benzene rings is 2. The molecule has 1 heterocycles. The second-order valence-electron chi connectivity index (χ2n) is 6.99. The quantitative estimate of drug-likeness (QED) is 0.575. The van der Waals surface area contributed by atoms with Crippen molar-refractivity contribution < 1.29 is 8.42 Å². The van der Waals surface area contributed by atoms with E-state index in [1.165, 1.54) is 5.56 Å². The largest absolute Gasteiger partial charge is 0.370 e. The van der Waals surface area contributed by atoms with Gasteiger partial charge in [0.15, 0.2) is 5.96 Å². The smallest absolute Gasteiger partial charge is 0.243 e. The molecule has 0 aromatic heterocycles. The van der Waals surface area contributed by atoms with Crippen LogP contribution in [0.2, 0.25) is 0 Å². The highest BCUT2D eigenvalue weighted by Gasteiger charge is 2.25. The molecule has 0 spiro atoms. The van der Waals surface area contributed by atoms with Gasteiger partial charge in [0.25, 0.3) is 0 Å². The van der Waals surface area contributed by atoms with Crippen LogP contribution in [-0.2, 0) is 23.0 Å². The number of guanidine groups is 1. The van der Waals surface area contributed by atoms with Crippen molar-refractivity contribution in [3.63, 3.8) is 0 Å². The van der Waals surface area contributed by atoms with Gasteiger partial charge in [0.05, 0.1) is 11.4 Å². The molecule has 3 rings (SSSR count). The number of aryl methyl sites for hydroxylation is 1. The molecule has 3 N–H and O–H groups in total. The normalized spacial score (nSPS) is 16.1. The van der Waals surface area contributed by atoms with Crippen LogP contribution in [0, 0.1) is 0 Å². The summed E-state index contributed by atoms with van der Waals surface area (Å²) in [6.07, 6.45) is 3.92. The Morgan fingerprint density at radius 1 is 1.07 bits per heavy atom. The summed E-state index contributed by atoms with van der Waals surface area (Å²) in [6, 6.07) is 15.0. The van der Waals surface area contributed by atoms with Gasteiger partial charge < -0.3 is 11.1 Å². The molecule has 1 aliphatic rings. The van der Waals surface area contributed by atoms with Gasteiger partial charge in [-0.3, -0.25) is 0 Å². The Kier molecular flexibility index (Phi) is 6.70. The lowest BCUT2D eigenvalue weighted by molar-refractivity contribution is 0.346. The summed E-state index contributed by atoms with van der Waals surface area (Å²) >= 11 is 0. The first-order valence-corrected chi connectivity index (χ1v) is 11.2. The number of anilines is 1. The molecule has 0 aliphatic carbocycles. The molecule has 0 atom stereocenters. The van der Waals surface area contributed by atoms with Crippen molar-refractivity contribution in [2.45, 2.75) is 44.0 Å². The molecule has 150 valence electrons. The van der Waals surface area contributed by atoms with E-state index >= 15 is 0 Å². The number of nitrogens with zero attached hydrogens (tertiary/aromatic N) is 2. The number of rotatable bonds is 6. The Bertz CT molecular complexity index is 918. The summed E-state index contributed by atoms with van der Waals surface area (Å²) in [5.41, 5.74) is 8.92. The third-order valence-electron chi connectivity index (χ3n) is 4.92. The number of aliphatic imine (C=N–C) groups is 1. The Hall–Kier alpha value is -2.38. The molecular formula is C21H28N4O2S. The molecule has 1 aliphatic heterocycles. The standard InChI is InChI=1S/C21H28N4O2S/c1-2-17-9-11-19(12-10-17)24-21(22)23-16-18-7-6-8-20(15-18)28(26,27)25-13-4-3-5-14-25/h6-12,15H,2-5,13-14,16H2,1H3,(H3,22,23,24). The SMILES string of the molecule is CCc1ccc(NC(N)=NCc2cccc(S(=O)(=O)N3CCCCC3)c2)cc1. The summed E-state index contributed by atoms with van der Waals surface area (Å²) in [5.74, 6) is 0.300. The van der Waals surface area contributed by atoms with Crippen molar-refractivity contribution in [3.05, 3.63) is 59.7 Å². The number of nitrogens with two attached hydrogens (primary N) is 1. The Morgan fingerprint density at radius 2 is 1.79 bits per heavy atom. The second-order valence-corrected chi connectivity index (χ2v) is 8.93. The van der Waals surface area contributed by atoms with Gasteiger partial charge >= 0.3 is 0 Å². The molecule has 2 aromatic rings. The minimum atomic E-state index is -3.44. The number of hydrogen-bond donors (Lipinski definition) is 2. The zero-order chi connectivity index (χ0) is 20.0. The van der Waals surface area contributed by atoms with E-state index < -0.39 is 10.0 Å². The number of nitrogens with one attached hydrogen (secondary N) is 1. The minimum Gasteiger partial charge on any atom is -0.370 e. The second kappa shape index (κ2) is 9.21. The van der Waals surface area contributed by atoms with Crippen LogP contribution in [-0.4, -0.2) is 31.8 Å². The lowest BCUT2D eigenvalue weighted by Crippen LogP contribution is -2.35. The fourth-order valence-corrected chi connectivity index (χ4v) is 4.83. The topological polar surface area (TPSA) is 87.8 Å². The zero-order valence-electron chi connectivity index (χ0n) is 16.3. The van der Waals surface area contributed by atoms with Crippen LogP contribution >= 0.6 is 0 Å². The van der Waals surface area contributed by atoms with Crippen molar-refractivity contribution in [3.8, 4) is 0 Å². The van der Waals surface area contributed by atoms with Crippen LogP contribution in [0.25, 0.3) is 0 Å². The average Bonchev–Trinajstić information content (AvgIpc) is 2.74. The highest BCUT2D eigenvalue weighted by molar-refractivity contribution is 7.89. The zero-order valence-corrected chi connectivity index (χ0v) is 17.1. The van der Waals surface area contributed by atoms with E-state index in [1.54, 1.807) is 22.5 Å². The number of piperidine rings is 1. The van der Waals surface area contributed by atoms with Crippen LogP contribution in [0.3, 0.4) is 0 Å². The first kappa shape index (κ1) is 20.4.